The summed E-state index contributed by atoms with van der Waals surface area (Å²) in [7, 11) is 0. The molecule has 1 aliphatic rings. The molecule has 0 N–H and O–H groups in total. The Morgan fingerprint density at radius 3 is 2.25 bits per heavy atom. The fourth-order valence-corrected chi connectivity index (χ4v) is 2.83. The van der Waals surface area contributed by atoms with Crippen LogP contribution in [0.1, 0.15) is 20.3 Å². The number of hydrogen-bond donors (Lipinski definition) is 0. The van der Waals surface area contributed by atoms with Crippen molar-refractivity contribution in [2.45, 2.75) is 20.3 Å². The molecular formula is C11H13Tl. The van der Waals surface area contributed by atoms with Crippen LogP contribution in [0.4, 0.5) is 0 Å². The van der Waals surface area contributed by atoms with Gasteiger partial charge in [-0.15, -0.1) is 0 Å². The molecule has 0 saturated heterocycles. The van der Waals surface area contributed by atoms with E-state index in [1.807, 2.05) is 0 Å². The summed E-state index contributed by atoms with van der Waals surface area (Å²) >= 11 is 0.959. The van der Waals surface area contributed by atoms with Crippen LogP contribution < -0.4 is 0 Å². The second-order valence-corrected chi connectivity index (χ2v) is 6.23. The van der Waals surface area contributed by atoms with E-state index in [2.05, 4.69) is 33.1 Å². The SMILES string of the molecule is C=C(C)C1=C(C(=C)C)C[C]([Tl])=C1. The molecule has 0 aromatic carbocycles. The molecule has 60 valence electrons. The van der Waals surface area contributed by atoms with Gasteiger partial charge in [-0.1, -0.05) is 0 Å². The van der Waals surface area contributed by atoms with E-state index in [4.69, 9.17) is 0 Å². The Bertz CT molecular complexity index is 303. The zero-order valence-electron chi connectivity index (χ0n) is 7.78. The zero-order chi connectivity index (χ0) is 9.30. The molecule has 1 aliphatic carbocycles. The van der Waals surface area contributed by atoms with Crippen LogP contribution >= 0.6 is 0 Å². The molecule has 0 nitrogen and oxygen atoms in total. The Hall–Kier alpha value is -0.118. The zero-order valence-corrected chi connectivity index (χ0v) is 12.3. The maximum atomic E-state index is 3.99. The molecule has 0 radical (unpaired) electrons. The van der Waals surface area contributed by atoms with Crippen LogP contribution in [0.15, 0.2) is 44.7 Å². The summed E-state index contributed by atoms with van der Waals surface area (Å²) in [5, 5.41) is 0. The van der Waals surface area contributed by atoms with Crippen LogP contribution in [0.5, 0.6) is 0 Å². The fraction of sp³-hybridized carbons (Fsp3) is 0.273. The summed E-state index contributed by atoms with van der Waals surface area (Å²) in [6.45, 7) is 12.1. The maximum absolute atomic E-state index is 3.99. The quantitative estimate of drug-likeness (QED) is 0.673. The standard InChI is InChI=1S/C11H13.Tl/c1-8(2)10-6-5-7-11(10)9(3)4;/h6H,1,3,7H2,2,4H3;. The van der Waals surface area contributed by atoms with Crippen molar-refractivity contribution >= 4 is 25.8 Å². The summed E-state index contributed by atoms with van der Waals surface area (Å²) in [5.41, 5.74) is 5.10. The van der Waals surface area contributed by atoms with Crippen molar-refractivity contribution in [2.24, 2.45) is 0 Å². The molecule has 0 unspecified atom stereocenters. The van der Waals surface area contributed by atoms with Crippen molar-refractivity contribution in [3.05, 3.63) is 44.7 Å². The number of allylic oxidation sites excluding steroid dienone is 6. The third-order valence-corrected chi connectivity index (χ3v) is 3.45. The Morgan fingerprint density at radius 1 is 1.33 bits per heavy atom. The van der Waals surface area contributed by atoms with Crippen molar-refractivity contribution in [3.63, 3.8) is 0 Å². The normalized spacial score (nSPS) is 16.2. The van der Waals surface area contributed by atoms with Crippen LogP contribution in [0, 0.1) is 0 Å². The van der Waals surface area contributed by atoms with E-state index in [-0.39, 0.29) is 0 Å². The average molecular weight is 350 g/mol. The minimum absolute atomic E-state index is 0.959. The van der Waals surface area contributed by atoms with Crippen LogP contribution in [-0.2, 0) is 0 Å². The van der Waals surface area contributed by atoms with Gasteiger partial charge in [-0.25, -0.2) is 0 Å². The summed E-state index contributed by atoms with van der Waals surface area (Å²) < 4.78 is 1.58. The monoisotopic (exact) mass is 350 g/mol. The molecule has 0 fully saturated rings. The van der Waals surface area contributed by atoms with Gasteiger partial charge >= 0.3 is 90.7 Å². The first-order valence-electron chi connectivity index (χ1n) is 4.03. The second-order valence-electron chi connectivity index (χ2n) is 3.35. The average Bonchev–Trinajstić information content (AvgIpc) is 2.31. The molecule has 1 rings (SSSR count). The van der Waals surface area contributed by atoms with Crippen LogP contribution in [0.2, 0.25) is 0 Å². The van der Waals surface area contributed by atoms with Crippen LogP contribution in [0.3, 0.4) is 0 Å². The molecule has 0 aromatic rings. The van der Waals surface area contributed by atoms with E-state index >= 15 is 0 Å². The summed E-state index contributed by atoms with van der Waals surface area (Å²) in [6, 6.07) is 0. The fourth-order valence-electron chi connectivity index (χ4n) is 1.38. The Morgan fingerprint density at radius 2 is 1.92 bits per heavy atom. The van der Waals surface area contributed by atoms with Gasteiger partial charge in [-0.2, -0.15) is 0 Å². The predicted octanol–water partition coefficient (Wildman–Crippen LogP) is 2.89. The van der Waals surface area contributed by atoms with Crippen molar-refractivity contribution in [2.75, 3.05) is 0 Å². The second kappa shape index (κ2) is 3.73. The summed E-state index contributed by atoms with van der Waals surface area (Å²) in [5.74, 6) is 0. The van der Waals surface area contributed by atoms with E-state index in [9.17, 15) is 0 Å². The molecular weight excluding hydrogens is 337 g/mol. The molecule has 0 atom stereocenters. The first-order valence-corrected chi connectivity index (χ1v) is 6.27. The third kappa shape index (κ3) is 1.97. The Balaban J connectivity index is 3.07. The van der Waals surface area contributed by atoms with Crippen LogP contribution in [0.25, 0.3) is 0 Å². The third-order valence-electron chi connectivity index (χ3n) is 2.01. The molecule has 0 aromatic heterocycles. The van der Waals surface area contributed by atoms with Crippen molar-refractivity contribution in [1.82, 2.24) is 0 Å². The van der Waals surface area contributed by atoms with E-state index in [1.165, 1.54) is 22.3 Å². The van der Waals surface area contributed by atoms with Gasteiger partial charge in [0, 0.05) is 0 Å². The molecule has 0 bridgehead atoms. The van der Waals surface area contributed by atoms with Gasteiger partial charge in [0.1, 0.15) is 0 Å². The number of rotatable bonds is 2. The van der Waals surface area contributed by atoms with E-state index < -0.39 is 0 Å². The van der Waals surface area contributed by atoms with Crippen LogP contribution in [-0.4, -0.2) is 25.8 Å². The predicted molar refractivity (Wildman–Crippen MR) is 55.1 cm³/mol. The van der Waals surface area contributed by atoms with Gasteiger partial charge in [0.25, 0.3) is 0 Å². The van der Waals surface area contributed by atoms with Gasteiger partial charge in [0.15, 0.2) is 0 Å². The van der Waals surface area contributed by atoms with Crippen molar-refractivity contribution in [1.29, 1.82) is 0 Å². The topological polar surface area (TPSA) is 0 Å². The van der Waals surface area contributed by atoms with E-state index in [0.29, 0.717) is 0 Å². The Kier molecular flexibility index (Phi) is 3.10. The molecule has 0 heterocycles. The first-order chi connectivity index (χ1) is 5.52. The van der Waals surface area contributed by atoms with E-state index in [1.54, 1.807) is 3.13 Å². The van der Waals surface area contributed by atoms with Gasteiger partial charge < -0.3 is 0 Å². The van der Waals surface area contributed by atoms with Gasteiger partial charge in [0.05, 0.1) is 0 Å². The van der Waals surface area contributed by atoms with Crippen molar-refractivity contribution in [3.8, 4) is 0 Å². The first kappa shape index (κ1) is 9.97. The Labute approximate surface area is 90.4 Å². The number of hydrogen-bond acceptors (Lipinski definition) is 0. The molecule has 12 heavy (non-hydrogen) atoms. The summed E-state index contributed by atoms with van der Waals surface area (Å²) in [4.78, 5) is 0. The molecule has 0 aliphatic heterocycles. The minimum atomic E-state index is 0.959. The molecule has 0 amide bonds. The van der Waals surface area contributed by atoms with E-state index in [0.717, 1.165) is 32.2 Å². The molecule has 0 saturated carbocycles. The van der Waals surface area contributed by atoms with Gasteiger partial charge in [-0.3, -0.25) is 0 Å². The van der Waals surface area contributed by atoms with Crippen molar-refractivity contribution < 1.29 is 0 Å². The molecule has 0 spiro atoms. The van der Waals surface area contributed by atoms with Gasteiger partial charge in [-0.05, 0) is 0 Å². The van der Waals surface area contributed by atoms with Gasteiger partial charge in [0.2, 0.25) is 0 Å². The molecule has 1 heteroatoms. The summed E-state index contributed by atoms with van der Waals surface area (Å²) in [6.07, 6.45) is 3.42.